The molecule has 0 aliphatic heterocycles. The average molecular weight is 716 g/mol. The van der Waals surface area contributed by atoms with Gasteiger partial charge in [0.25, 0.3) is 5.91 Å². The number of unbranched alkanes of at least 4 members (excludes halogenated alkanes) is 1. The molecule has 280 valence electrons. The molecular formula is C39H53N7O6. The number of aromatic nitrogens is 3. The topological polar surface area (TPSA) is 157 Å². The first-order chi connectivity index (χ1) is 24.5. The number of pyridine rings is 1. The van der Waals surface area contributed by atoms with Crippen LogP contribution in [0.3, 0.4) is 0 Å². The van der Waals surface area contributed by atoms with Gasteiger partial charge < -0.3 is 30.3 Å². The van der Waals surface area contributed by atoms with Crippen molar-refractivity contribution in [3.63, 3.8) is 0 Å². The number of benzene rings is 2. The van der Waals surface area contributed by atoms with Gasteiger partial charge >= 0.3 is 12.2 Å². The molecule has 0 radical (unpaired) electrons. The van der Waals surface area contributed by atoms with Crippen LogP contribution in [-0.2, 0) is 27.2 Å². The standard InChI is InChI=1S/C39H53N7O6/c1-26-30(27(2)46(44-26)24-23-45(37(50)52-39(6,7)8)22-21-42-36(49)51-38(3,4)5)25-33(47)40-19-13-14-20-41-35(48)34-28-15-9-11-17-31(28)43-32-18-12-10-16-29(32)34/h9-12,15-18H,13-14,19-25H2,1-8H3,(H,40,47)(H,41,48)(H,42,49). The van der Waals surface area contributed by atoms with E-state index < -0.39 is 23.4 Å². The van der Waals surface area contributed by atoms with Crippen LogP contribution >= 0.6 is 0 Å². The molecule has 13 heteroatoms. The number of alkyl carbamates (subject to hydrolysis) is 1. The Labute approximate surface area is 305 Å². The quantitative estimate of drug-likeness (QED) is 0.109. The smallest absolute Gasteiger partial charge is 0.410 e. The van der Waals surface area contributed by atoms with E-state index in [-0.39, 0.29) is 37.9 Å². The third-order valence-corrected chi connectivity index (χ3v) is 8.18. The van der Waals surface area contributed by atoms with E-state index in [1.54, 1.807) is 46.2 Å². The Kier molecular flexibility index (Phi) is 13.2. The van der Waals surface area contributed by atoms with Crippen molar-refractivity contribution in [1.29, 1.82) is 0 Å². The summed E-state index contributed by atoms with van der Waals surface area (Å²) in [6.45, 7) is 16.5. The van der Waals surface area contributed by atoms with Crippen molar-refractivity contribution in [1.82, 2.24) is 35.6 Å². The molecule has 0 spiro atoms. The molecule has 0 aliphatic carbocycles. The molecule has 0 atom stereocenters. The van der Waals surface area contributed by atoms with Crippen LogP contribution in [0, 0.1) is 13.8 Å². The maximum absolute atomic E-state index is 13.3. The number of ether oxygens (including phenoxy) is 2. The van der Waals surface area contributed by atoms with Gasteiger partial charge in [-0.15, -0.1) is 0 Å². The van der Waals surface area contributed by atoms with Gasteiger partial charge in [-0.05, 0) is 80.4 Å². The number of rotatable bonds is 14. The van der Waals surface area contributed by atoms with Gasteiger partial charge in [-0.1, -0.05) is 36.4 Å². The number of aryl methyl sites for hydroxylation is 1. The molecule has 0 unspecified atom stereocenters. The minimum absolute atomic E-state index is 0.117. The third kappa shape index (κ3) is 11.4. The molecular weight excluding hydrogens is 662 g/mol. The number of para-hydroxylation sites is 2. The average Bonchev–Trinajstić information content (AvgIpc) is 3.32. The van der Waals surface area contributed by atoms with E-state index in [1.165, 1.54) is 4.90 Å². The number of fused-ring (bicyclic) bond motifs is 2. The molecule has 0 bridgehead atoms. The van der Waals surface area contributed by atoms with E-state index in [0.717, 1.165) is 38.8 Å². The van der Waals surface area contributed by atoms with Gasteiger partial charge in [0.15, 0.2) is 0 Å². The minimum atomic E-state index is -0.689. The molecule has 0 saturated heterocycles. The maximum Gasteiger partial charge on any atom is 0.410 e. The highest BCUT2D eigenvalue weighted by Crippen LogP contribution is 2.26. The van der Waals surface area contributed by atoms with Crippen LogP contribution in [0.5, 0.6) is 0 Å². The Hall–Kier alpha value is -5.20. The van der Waals surface area contributed by atoms with Gasteiger partial charge in [0, 0.05) is 54.8 Å². The highest BCUT2D eigenvalue weighted by Gasteiger charge is 2.24. The first-order valence-corrected chi connectivity index (χ1v) is 17.8. The molecule has 4 amide bonds. The molecule has 0 saturated carbocycles. The summed E-state index contributed by atoms with van der Waals surface area (Å²) in [5.74, 6) is -0.262. The molecule has 3 N–H and O–H groups in total. The van der Waals surface area contributed by atoms with Crippen molar-refractivity contribution >= 4 is 45.8 Å². The first kappa shape index (κ1) is 39.6. The number of carbonyl (C=O) groups excluding carboxylic acids is 4. The molecule has 0 aliphatic rings. The van der Waals surface area contributed by atoms with Crippen molar-refractivity contribution in [2.75, 3.05) is 32.7 Å². The highest BCUT2D eigenvalue weighted by molar-refractivity contribution is 6.16. The molecule has 2 aromatic carbocycles. The van der Waals surface area contributed by atoms with Gasteiger partial charge in [-0.3, -0.25) is 14.3 Å². The summed E-state index contributed by atoms with van der Waals surface area (Å²) in [5.41, 5.74) is 3.25. The largest absolute Gasteiger partial charge is 0.444 e. The van der Waals surface area contributed by atoms with Crippen LogP contribution in [-0.4, -0.2) is 87.6 Å². The Morgan fingerprint density at radius 2 is 1.33 bits per heavy atom. The molecule has 4 aromatic rings. The van der Waals surface area contributed by atoms with Gasteiger partial charge in [0.1, 0.15) is 11.2 Å². The van der Waals surface area contributed by atoms with E-state index in [1.807, 2.05) is 62.4 Å². The zero-order valence-electron chi connectivity index (χ0n) is 31.7. The van der Waals surface area contributed by atoms with Crippen molar-refractivity contribution in [3.8, 4) is 0 Å². The number of nitrogens with zero attached hydrogens (tertiary/aromatic N) is 4. The van der Waals surface area contributed by atoms with Crippen LogP contribution in [0.25, 0.3) is 21.8 Å². The number of hydrogen-bond acceptors (Lipinski definition) is 8. The second-order valence-corrected chi connectivity index (χ2v) is 14.8. The van der Waals surface area contributed by atoms with Gasteiger partial charge in [0.2, 0.25) is 5.91 Å². The second-order valence-electron chi connectivity index (χ2n) is 14.8. The number of nitrogens with one attached hydrogen (secondary N) is 3. The number of amides is 4. The molecule has 52 heavy (non-hydrogen) atoms. The van der Waals surface area contributed by atoms with Gasteiger partial charge in [-0.2, -0.15) is 5.10 Å². The molecule has 0 fully saturated rings. The highest BCUT2D eigenvalue weighted by atomic mass is 16.6. The maximum atomic E-state index is 13.3. The lowest BCUT2D eigenvalue weighted by atomic mass is 10.0. The van der Waals surface area contributed by atoms with Crippen LogP contribution < -0.4 is 16.0 Å². The zero-order valence-corrected chi connectivity index (χ0v) is 31.7. The summed E-state index contributed by atoms with van der Waals surface area (Å²) >= 11 is 0. The lowest BCUT2D eigenvalue weighted by Gasteiger charge is -2.28. The van der Waals surface area contributed by atoms with E-state index in [4.69, 9.17) is 14.5 Å². The van der Waals surface area contributed by atoms with Crippen molar-refractivity contribution in [2.24, 2.45) is 0 Å². The van der Waals surface area contributed by atoms with Crippen LogP contribution in [0.1, 0.15) is 81.7 Å². The zero-order chi connectivity index (χ0) is 38.1. The van der Waals surface area contributed by atoms with E-state index in [9.17, 15) is 19.2 Å². The molecule has 2 heterocycles. The molecule has 2 aromatic heterocycles. The number of hydrogen-bond donors (Lipinski definition) is 3. The van der Waals surface area contributed by atoms with Crippen molar-refractivity contribution in [3.05, 3.63) is 71.0 Å². The summed E-state index contributed by atoms with van der Waals surface area (Å²) in [5, 5.41) is 15.0. The summed E-state index contributed by atoms with van der Waals surface area (Å²) in [6.07, 6.45) is 0.508. The Morgan fingerprint density at radius 3 is 1.92 bits per heavy atom. The fourth-order valence-electron chi connectivity index (χ4n) is 5.73. The van der Waals surface area contributed by atoms with E-state index in [0.29, 0.717) is 38.0 Å². The Bertz CT molecular complexity index is 1840. The van der Waals surface area contributed by atoms with Crippen molar-refractivity contribution < 1.29 is 28.7 Å². The van der Waals surface area contributed by atoms with Crippen LogP contribution in [0.15, 0.2) is 48.5 Å². The fourth-order valence-corrected chi connectivity index (χ4v) is 5.73. The lowest BCUT2D eigenvalue weighted by molar-refractivity contribution is -0.120. The minimum Gasteiger partial charge on any atom is -0.444 e. The molecule has 4 rings (SSSR count). The summed E-state index contributed by atoms with van der Waals surface area (Å²) in [4.78, 5) is 57.6. The van der Waals surface area contributed by atoms with Crippen molar-refractivity contribution in [2.45, 2.75) is 92.4 Å². The third-order valence-electron chi connectivity index (χ3n) is 8.18. The SMILES string of the molecule is Cc1nn(CCN(CCNC(=O)OC(C)(C)C)C(=O)OC(C)(C)C)c(C)c1CC(=O)NCCCCNC(=O)c1c2ccccc2nc2ccccc12. The summed E-state index contributed by atoms with van der Waals surface area (Å²) in [7, 11) is 0. The van der Waals surface area contributed by atoms with Crippen LogP contribution in [0.4, 0.5) is 9.59 Å². The predicted molar refractivity (Wildman–Crippen MR) is 201 cm³/mol. The summed E-state index contributed by atoms with van der Waals surface area (Å²) in [6, 6.07) is 15.3. The molecule has 13 nitrogen and oxygen atoms in total. The van der Waals surface area contributed by atoms with Crippen LogP contribution in [0.2, 0.25) is 0 Å². The second kappa shape index (κ2) is 17.3. The Morgan fingerprint density at radius 1 is 0.750 bits per heavy atom. The van der Waals surface area contributed by atoms with E-state index >= 15 is 0 Å². The monoisotopic (exact) mass is 715 g/mol. The predicted octanol–water partition coefficient (Wildman–Crippen LogP) is 5.83. The number of carbonyl (C=O) groups is 4. The lowest BCUT2D eigenvalue weighted by Crippen LogP contribution is -2.43. The first-order valence-electron chi connectivity index (χ1n) is 17.8. The van der Waals surface area contributed by atoms with Gasteiger partial charge in [0.05, 0.1) is 35.3 Å². The fraction of sp³-hybridized carbons (Fsp3) is 0.487. The summed E-state index contributed by atoms with van der Waals surface area (Å²) < 4.78 is 12.7. The van der Waals surface area contributed by atoms with Gasteiger partial charge in [-0.25, -0.2) is 14.6 Å². The normalized spacial score (nSPS) is 11.7. The Balaban J connectivity index is 1.25. The van der Waals surface area contributed by atoms with E-state index in [2.05, 4.69) is 21.0 Å².